The number of alkyl carbamates (subject to hydrolysis) is 1. The molecule has 69 heavy (non-hydrogen) atoms. The molecule has 0 aliphatic carbocycles. The largest absolute Gasteiger partial charge is 0.480 e. The Morgan fingerprint density at radius 1 is 0.638 bits per heavy atom. The van der Waals surface area contributed by atoms with Crippen LogP contribution in [0, 0.1) is 17.8 Å². The van der Waals surface area contributed by atoms with Crippen molar-refractivity contribution in [3.63, 3.8) is 0 Å². The molecule has 0 aliphatic rings. The predicted octanol–water partition coefficient (Wildman–Crippen LogP) is -3.46. The molecule has 0 saturated carbocycles. The van der Waals surface area contributed by atoms with Gasteiger partial charge in [0.25, 0.3) is 0 Å². The van der Waals surface area contributed by atoms with Crippen LogP contribution in [-0.2, 0) is 43.1 Å². The van der Waals surface area contributed by atoms with Crippen molar-refractivity contribution in [2.24, 2.45) is 34.2 Å². The van der Waals surface area contributed by atoms with Gasteiger partial charge in [0.05, 0.1) is 31.5 Å². The fraction of sp³-hybridized carbons (Fsp3) is 0.767. The molecule has 26 heteroatoms. The van der Waals surface area contributed by atoms with Crippen LogP contribution >= 0.6 is 0 Å². The minimum Gasteiger partial charge on any atom is -0.480 e. The number of carboxylic acids is 1. The lowest BCUT2D eigenvalue weighted by Gasteiger charge is -2.31. The molecule has 0 aromatic rings. The van der Waals surface area contributed by atoms with Gasteiger partial charge >= 0.3 is 12.1 Å². The number of carbonyl (C=O) groups excluding carboxylic acids is 8. The Labute approximate surface area is 404 Å². The number of rotatable bonds is 29. The lowest BCUT2D eigenvalue weighted by molar-refractivity contribution is -0.144. The number of carbonyl (C=O) groups is 9. The lowest BCUT2D eigenvalue weighted by Crippen LogP contribution is -2.62. The van der Waals surface area contributed by atoms with Crippen molar-refractivity contribution < 1.29 is 73.4 Å². The number of ether oxygens (including phenoxy) is 1. The maximum atomic E-state index is 14.1. The van der Waals surface area contributed by atoms with E-state index in [0.29, 0.717) is 6.42 Å². The number of nitrogens with two attached hydrogens (primary N) is 2. The van der Waals surface area contributed by atoms with Gasteiger partial charge < -0.3 is 84.3 Å². The SMILES string of the molecule is C.CC[C@H](C)[C@H](NC(=O)[C@@H](CCCN=C(N)N)NC(=O)[C@H](CC(C)C)NC(=O)[C@@H](NC(=O)OC(C)(C)C)[C@H](O)C(C)C)C(=O)N[C@H](C(=O)NCC(=O)N[C@H](C(=O)N[C@@H](CO)C(=O)O)[C@@H](C)O)[C@H](C)O. The van der Waals surface area contributed by atoms with Crippen molar-refractivity contribution in [1.82, 2.24) is 42.5 Å². The van der Waals surface area contributed by atoms with Gasteiger partial charge in [-0.15, -0.1) is 0 Å². The monoisotopic (exact) mass is 992 g/mol. The summed E-state index contributed by atoms with van der Waals surface area (Å²) in [5.41, 5.74) is 9.99. The van der Waals surface area contributed by atoms with Gasteiger partial charge in [0.15, 0.2) is 5.96 Å². The van der Waals surface area contributed by atoms with Crippen molar-refractivity contribution in [3.05, 3.63) is 0 Å². The van der Waals surface area contributed by atoms with Gasteiger partial charge in [-0.25, -0.2) is 9.59 Å². The highest BCUT2D eigenvalue weighted by atomic mass is 16.6. The van der Waals surface area contributed by atoms with E-state index in [4.69, 9.17) is 21.3 Å². The molecule has 26 nitrogen and oxygen atoms in total. The van der Waals surface area contributed by atoms with E-state index in [0.717, 1.165) is 13.8 Å². The molecule has 0 bridgehead atoms. The smallest absolute Gasteiger partial charge is 0.408 e. The average Bonchev–Trinajstić information content (AvgIpc) is 3.22. The number of guanidine groups is 1. The third-order valence-electron chi connectivity index (χ3n) is 10.1. The number of hydrogen-bond acceptors (Lipinski definition) is 15. The molecule has 0 radical (unpaired) electrons. The zero-order valence-electron chi connectivity index (χ0n) is 40.9. The first kappa shape index (κ1) is 65.2. The normalized spacial score (nSPS) is 16.1. The summed E-state index contributed by atoms with van der Waals surface area (Å²) in [5, 5.41) is 68.7. The number of carboxylic acid groups (broad SMARTS) is 1. The van der Waals surface area contributed by atoms with Crippen LogP contribution < -0.4 is 54.0 Å². The van der Waals surface area contributed by atoms with Crippen molar-refractivity contribution in [2.75, 3.05) is 19.7 Å². The first-order chi connectivity index (χ1) is 31.4. The van der Waals surface area contributed by atoms with Gasteiger partial charge in [0.1, 0.15) is 47.9 Å². The summed E-state index contributed by atoms with van der Waals surface area (Å²) in [6.45, 7) is 15.3. The number of hydrogen-bond donors (Lipinski definition) is 15. The maximum absolute atomic E-state index is 14.1. The lowest BCUT2D eigenvalue weighted by atomic mass is 9.96. The van der Waals surface area contributed by atoms with E-state index in [1.54, 1.807) is 62.3 Å². The zero-order chi connectivity index (χ0) is 52.8. The Kier molecular flexibility index (Phi) is 29.6. The standard InChI is InChI=1S/C42H77N11O15.CH4/c1-12-21(6)28(36(62)52-29(22(7)55)35(61)46-17-27(57)50-30(23(8)56)37(63)49-26(18-54)39(65)66)51-33(59)24(14-13-15-45-40(43)44)47-34(60)25(16-19(2)3)48-38(64)31(32(58)20(4)5)53-41(67)68-42(9,10)11;/h19-26,28-32,54-56,58H,12-18H2,1-11H3,(H,46,61)(H,47,60)(H,48,64)(H,49,63)(H,50,57)(H,51,59)(H,52,62)(H,53,67)(H,65,66)(H4,43,44,45);1H4/t21-,22-,23+,24+,25-,26-,28-,29-,30-,31-,32+;/m0./s1. The summed E-state index contributed by atoms with van der Waals surface area (Å²) in [5.74, 6) is -10.1. The quantitative estimate of drug-likeness (QED) is 0.0197. The van der Waals surface area contributed by atoms with E-state index < -0.39 is 145 Å². The van der Waals surface area contributed by atoms with Gasteiger partial charge in [-0.05, 0) is 71.6 Å². The molecule has 17 N–H and O–H groups in total. The zero-order valence-corrected chi connectivity index (χ0v) is 40.9. The molecule has 8 amide bonds. The van der Waals surface area contributed by atoms with E-state index >= 15 is 0 Å². The highest BCUT2D eigenvalue weighted by molar-refractivity contribution is 5.97. The third-order valence-corrected chi connectivity index (χ3v) is 10.1. The minimum atomic E-state index is -1.75. The molecular weight excluding hydrogens is 911 g/mol. The van der Waals surface area contributed by atoms with E-state index in [2.05, 4.69) is 42.2 Å². The van der Waals surface area contributed by atoms with Crippen LogP contribution in [0.25, 0.3) is 0 Å². The summed E-state index contributed by atoms with van der Waals surface area (Å²) in [4.78, 5) is 122. The van der Waals surface area contributed by atoms with Crippen LogP contribution in [0.15, 0.2) is 4.99 Å². The first-order valence-electron chi connectivity index (χ1n) is 22.4. The van der Waals surface area contributed by atoms with Gasteiger partial charge in [-0.3, -0.25) is 38.6 Å². The fourth-order valence-corrected chi connectivity index (χ4v) is 6.09. The number of aliphatic imine (C=N–C) groups is 1. The fourth-order valence-electron chi connectivity index (χ4n) is 6.09. The van der Waals surface area contributed by atoms with Crippen LogP contribution in [-0.4, -0.2) is 171 Å². The van der Waals surface area contributed by atoms with Crippen LogP contribution in [0.1, 0.15) is 109 Å². The topological polar surface area (TPSA) is 425 Å². The molecule has 0 spiro atoms. The molecule has 0 fully saturated rings. The van der Waals surface area contributed by atoms with E-state index in [1.807, 2.05) is 5.32 Å². The number of aliphatic hydroxyl groups excluding tert-OH is 4. The molecule has 0 heterocycles. The molecular formula is C43H81N11O15. The number of nitrogens with one attached hydrogen (secondary N) is 8. The Balaban J connectivity index is 0. The van der Waals surface area contributed by atoms with Gasteiger partial charge in [-0.1, -0.05) is 55.4 Å². The number of aliphatic carboxylic acids is 1. The number of aliphatic hydroxyl groups is 4. The molecule has 0 aromatic heterocycles. The third kappa shape index (κ3) is 24.8. The van der Waals surface area contributed by atoms with Gasteiger partial charge in [-0.2, -0.15) is 0 Å². The highest BCUT2D eigenvalue weighted by Crippen LogP contribution is 2.14. The minimum absolute atomic E-state index is 0. The van der Waals surface area contributed by atoms with Crippen LogP contribution in [0.5, 0.6) is 0 Å². The van der Waals surface area contributed by atoms with Crippen LogP contribution in [0.4, 0.5) is 4.79 Å². The van der Waals surface area contributed by atoms with Crippen LogP contribution in [0.3, 0.4) is 0 Å². The predicted molar refractivity (Wildman–Crippen MR) is 252 cm³/mol. The summed E-state index contributed by atoms with van der Waals surface area (Å²) in [6, 6.07) is -10.9. The number of amides is 8. The Bertz CT molecular complexity index is 1740. The molecule has 0 unspecified atom stereocenters. The molecule has 0 rings (SSSR count). The molecule has 0 aromatic carbocycles. The van der Waals surface area contributed by atoms with Gasteiger partial charge in [0.2, 0.25) is 41.4 Å². The first-order valence-corrected chi connectivity index (χ1v) is 22.4. The second-order valence-electron chi connectivity index (χ2n) is 18.2. The Hall–Kier alpha value is -5.86. The molecule has 0 saturated heterocycles. The molecule has 11 atom stereocenters. The highest BCUT2D eigenvalue weighted by Gasteiger charge is 2.38. The van der Waals surface area contributed by atoms with E-state index in [9.17, 15) is 63.6 Å². The molecule has 0 aliphatic heterocycles. The Morgan fingerprint density at radius 2 is 1.12 bits per heavy atom. The summed E-state index contributed by atoms with van der Waals surface area (Å²) in [7, 11) is 0. The van der Waals surface area contributed by atoms with E-state index in [-0.39, 0.29) is 45.1 Å². The summed E-state index contributed by atoms with van der Waals surface area (Å²) < 4.78 is 5.28. The van der Waals surface area contributed by atoms with Crippen LogP contribution in [0.2, 0.25) is 0 Å². The second-order valence-corrected chi connectivity index (χ2v) is 18.2. The summed E-state index contributed by atoms with van der Waals surface area (Å²) >= 11 is 0. The average molecular weight is 992 g/mol. The summed E-state index contributed by atoms with van der Waals surface area (Å²) in [6.07, 6.45) is -5.20. The van der Waals surface area contributed by atoms with Crippen molar-refractivity contribution in [1.29, 1.82) is 0 Å². The van der Waals surface area contributed by atoms with Gasteiger partial charge in [0, 0.05) is 6.54 Å². The maximum Gasteiger partial charge on any atom is 0.408 e. The molecule has 398 valence electrons. The van der Waals surface area contributed by atoms with Crippen molar-refractivity contribution in [3.8, 4) is 0 Å². The van der Waals surface area contributed by atoms with Crippen molar-refractivity contribution in [2.45, 2.75) is 175 Å². The van der Waals surface area contributed by atoms with E-state index in [1.165, 1.54) is 0 Å². The number of nitrogens with zero attached hydrogens (tertiary/aromatic N) is 1. The second kappa shape index (κ2) is 31.3. The van der Waals surface area contributed by atoms with Crippen molar-refractivity contribution >= 4 is 59.4 Å². The Morgan fingerprint density at radius 3 is 1.58 bits per heavy atom.